The molecule has 0 heterocycles. The maximum absolute atomic E-state index is 12.3. The SMILES string of the molecule is Cc1ccccc1C(=O)N=C1C=CC(=NC(=O)c2ccccc2C)C=C1. The van der Waals surface area contributed by atoms with Gasteiger partial charge in [0.15, 0.2) is 0 Å². The highest BCUT2D eigenvalue weighted by Crippen LogP contribution is 2.11. The van der Waals surface area contributed by atoms with Gasteiger partial charge in [0, 0.05) is 11.1 Å². The number of aliphatic imine (C=N–C) groups is 2. The Morgan fingerprint density at radius 2 is 0.962 bits per heavy atom. The number of benzene rings is 2. The van der Waals surface area contributed by atoms with E-state index < -0.39 is 0 Å². The maximum atomic E-state index is 12.3. The number of amides is 2. The first-order valence-electron chi connectivity index (χ1n) is 8.28. The van der Waals surface area contributed by atoms with Gasteiger partial charge < -0.3 is 0 Å². The minimum atomic E-state index is -0.288. The van der Waals surface area contributed by atoms with Crippen LogP contribution in [0, 0.1) is 13.8 Å². The fourth-order valence-corrected chi connectivity index (χ4v) is 2.58. The molecule has 4 nitrogen and oxygen atoms in total. The van der Waals surface area contributed by atoms with Crippen molar-refractivity contribution in [3.8, 4) is 0 Å². The molecule has 128 valence electrons. The first kappa shape index (κ1) is 17.4. The highest BCUT2D eigenvalue weighted by molar-refractivity contribution is 6.23. The lowest BCUT2D eigenvalue weighted by atomic mass is 10.1. The fourth-order valence-electron chi connectivity index (χ4n) is 2.58. The molecular formula is C22H18N2O2. The quantitative estimate of drug-likeness (QED) is 0.764. The van der Waals surface area contributed by atoms with Crippen molar-refractivity contribution in [2.45, 2.75) is 13.8 Å². The van der Waals surface area contributed by atoms with Crippen molar-refractivity contribution in [2.75, 3.05) is 0 Å². The summed E-state index contributed by atoms with van der Waals surface area (Å²) in [5.74, 6) is -0.576. The van der Waals surface area contributed by atoms with Crippen molar-refractivity contribution in [3.63, 3.8) is 0 Å². The third-order valence-electron chi connectivity index (χ3n) is 4.06. The second kappa shape index (κ2) is 7.66. The Morgan fingerprint density at radius 3 is 1.31 bits per heavy atom. The molecule has 0 aromatic heterocycles. The van der Waals surface area contributed by atoms with Crippen molar-refractivity contribution >= 4 is 23.2 Å². The normalized spacial score (nSPS) is 12.8. The van der Waals surface area contributed by atoms with Crippen LogP contribution in [0.5, 0.6) is 0 Å². The molecule has 0 radical (unpaired) electrons. The second-order valence-corrected chi connectivity index (χ2v) is 5.98. The van der Waals surface area contributed by atoms with Gasteiger partial charge in [-0.3, -0.25) is 9.59 Å². The maximum Gasteiger partial charge on any atom is 0.277 e. The third-order valence-corrected chi connectivity index (χ3v) is 4.06. The zero-order chi connectivity index (χ0) is 18.5. The molecule has 0 spiro atoms. The number of hydrogen-bond acceptors (Lipinski definition) is 2. The number of aryl methyl sites for hydroxylation is 2. The predicted octanol–water partition coefficient (Wildman–Crippen LogP) is 4.29. The Labute approximate surface area is 152 Å². The molecule has 0 saturated heterocycles. The Morgan fingerprint density at radius 1 is 0.615 bits per heavy atom. The number of rotatable bonds is 2. The van der Waals surface area contributed by atoms with Crippen LogP contribution in [0.1, 0.15) is 31.8 Å². The van der Waals surface area contributed by atoms with Crippen LogP contribution in [0.25, 0.3) is 0 Å². The van der Waals surface area contributed by atoms with Gasteiger partial charge >= 0.3 is 0 Å². The number of carbonyl (C=O) groups is 2. The fraction of sp³-hybridized carbons (Fsp3) is 0.0909. The summed E-state index contributed by atoms with van der Waals surface area (Å²) in [6, 6.07) is 14.7. The lowest BCUT2D eigenvalue weighted by Gasteiger charge is -2.04. The lowest BCUT2D eigenvalue weighted by molar-refractivity contribution is 0.0994. The van der Waals surface area contributed by atoms with E-state index in [0.29, 0.717) is 22.6 Å². The van der Waals surface area contributed by atoms with Crippen LogP contribution >= 0.6 is 0 Å². The van der Waals surface area contributed by atoms with Crippen LogP contribution in [0.2, 0.25) is 0 Å². The Hall–Kier alpha value is -3.40. The molecule has 0 atom stereocenters. The molecule has 0 N–H and O–H groups in total. The lowest BCUT2D eigenvalue weighted by Crippen LogP contribution is -2.07. The van der Waals surface area contributed by atoms with E-state index in [1.807, 2.05) is 50.2 Å². The Kier molecular flexibility index (Phi) is 5.13. The van der Waals surface area contributed by atoms with Crippen molar-refractivity contribution in [1.29, 1.82) is 0 Å². The van der Waals surface area contributed by atoms with Crippen LogP contribution in [-0.4, -0.2) is 23.2 Å². The molecular weight excluding hydrogens is 324 g/mol. The molecule has 0 fully saturated rings. The highest BCUT2D eigenvalue weighted by Gasteiger charge is 2.10. The molecule has 2 aromatic carbocycles. The van der Waals surface area contributed by atoms with Crippen LogP contribution in [0.3, 0.4) is 0 Å². The second-order valence-electron chi connectivity index (χ2n) is 5.98. The van der Waals surface area contributed by atoms with Gasteiger partial charge in [0.05, 0.1) is 11.4 Å². The summed E-state index contributed by atoms with van der Waals surface area (Å²) in [5, 5.41) is 0. The highest BCUT2D eigenvalue weighted by atomic mass is 16.1. The summed E-state index contributed by atoms with van der Waals surface area (Å²) in [7, 11) is 0. The molecule has 0 saturated carbocycles. The van der Waals surface area contributed by atoms with E-state index in [9.17, 15) is 9.59 Å². The zero-order valence-electron chi connectivity index (χ0n) is 14.6. The molecule has 26 heavy (non-hydrogen) atoms. The van der Waals surface area contributed by atoms with Gasteiger partial charge in [0.25, 0.3) is 11.8 Å². The predicted molar refractivity (Wildman–Crippen MR) is 104 cm³/mol. The molecule has 3 rings (SSSR count). The van der Waals surface area contributed by atoms with Crippen molar-refractivity contribution in [1.82, 2.24) is 0 Å². The molecule has 4 heteroatoms. The van der Waals surface area contributed by atoms with Crippen LogP contribution in [-0.2, 0) is 0 Å². The van der Waals surface area contributed by atoms with Crippen molar-refractivity contribution in [3.05, 3.63) is 95.1 Å². The van der Waals surface area contributed by atoms with Gasteiger partial charge in [-0.15, -0.1) is 0 Å². The Bertz CT molecular complexity index is 897. The number of carbonyl (C=O) groups excluding carboxylic acids is 2. The van der Waals surface area contributed by atoms with Gasteiger partial charge in [0.2, 0.25) is 0 Å². The van der Waals surface area contributed by atoms with E-state index in [1.165, 1.54) is 0 Å². The van der Waals surface area contributed by atoms with Crippen molar-refractivity contribution < 1.29 is 9.59 Å². The van der Waals surface area contributed by atoms with E-state index in [0.717, 1.165) is 11.1 Å². The van der Waals surface area contributed by atoms with Gasteiger partial charge in [-0.1, -0.05) is 36.4 Å². The minimum Gasteiger partial charge on any atom is -0.267 e. The summed E-state index contributed by atoms with van der Waals surface area (Å²) in [5.41, 5.74) is 3.99. The van der Waals surface area contributed by atoms with E-state index >= 15 is 0 Å². The van der Waals surface area contributed by atoms with Gasteiger partial charge in [-0.2, -0.15) is 0 Å². The number of allylic oxidation sites excluding steroid dienone is 4. The van der Waals surface area contributed by atoms with Gasteiger partial charge in [-0.05, 0) is 61.4 Å². The monoisotopic (exact) mass is 342 g/mol. The molecule has 0 bridgehead atoms. The van der Waals surface area contributed by atoms with Crippen LogP contribution in [0.15, 0.2) is 82.8 Å². The average molecular weight is 342 g/mol. The summed E-state index contributed by atoms with van der Waals surface area (Å²) in [6.45, 7) is 3.75. The minimum absolute atomic E-state index is 0.288. The number of hydrogen-bond donors (Lipinski definition) is 0. The van der Waals surface area contributed by atoms with Crippen LogP contribution in [0.4, 0.5) is 0 Å². The van der Waals surface area contributed by atoms with E-state index in [1.54, 1.807) is 36.4 Å². The summed E-state index contributed by atoms with van der Waals surface area (Å²) in [6.07, 6.45) is 6.72. The number of nitrogens with zero attached hydrogens (tertiary/aromatic N) is 2. The average Bonchev–Trinajstić information content (AvgIpc) is 2.64. The van der Waals surface area contributed by atoms with E-state index in [-0.39, 0.29) is 11.8 Å². The molecule has 1 aliphatic carbocycles. The molecule has 2 amide bonds. The Balaban J connectivity index is 1.75. The molecule has 1 aliphatic rings. The smallest absolute Gasteiger partial charge is 0.267 e. The molecule has 2 aromatic rings. The first-order valence-corrected chi connectivity index (χ1v) is 8.28. The first-order chi connectivity index (χ1) is 12.5. The summed E-state index contributed by atoms with van der Waals surface area (Å²) >= 11 is 0. The van der Waals surface area contributed by atoms with E-state index in [2.05, 4.69) is 9.98 Å². The zero-order valence-corrected chi connectivity index (χ0v) is 14.6. The standard InChI is InChI=1S/C22H18N2O2/c1-15-7-3-5-9-19(15)21(25)23-17-11-13-18(14-12-17)24-22(26)20-10-6-4-8-16(20)2/h3-14H,1-2H3. The third kappa shape index (κ3) is 3.98. The summed E-state index contributed by atoms with van der Waals surface area (Å²) < 4.78 is 0. The molecule has 0 aliphatic heterocycles. The van der Waals surface area contributed by atoms with Crippen LogP contribution < -0.4 is 0 Å². The molecule has 0 unspecified atom stereocenters. The topological polar surface area (TPSA) is 58.9 Å². The van der Waals surface area contributed by atoms with Gasteiger partial charge in [0.1, 0.15) is 0 Å². The van der Waals surface area contributed by atoms with Gasteiger partial charge in [-0.25, -0.2) is 9.98 Å². The van der Waals surface area contributed by atoms with Crippen molar-refractivity contribution in [2.24, 2.45) is 9.98 Å². The largest absolute Gasteiger partial charge is 0.277 e. The van der Waals surface area contributed by atoms with E-state index in [4.69, 9.17) is 0 Å². The summed E-state index contributed by atoms with van der Waals surface area (Å²) in [4.78, 5) is 32.8.